The van der Waals surface area contributed by atoms with Gasteiger partial charge in [0.25, 0.3) is 5.91 Å². The Morgan fingerprint density at radius 1 is 1.10 bits per heavy atom. The van der Waals surface area contributed by atoms with Crippen LogP contribution in [0.2, 0.25) is 0 Å². The summed E-state index contributed by atoms with van der Waals surface area (Å²) in [6.07, 6.45) is -4.88. The number of nitrogens with zero attached hydrogens (tertiary/aromatic N) is 4. The molecule has 30 heavy (non-hydrogen) atoms. The number of nitrogens with one attached hydrogen (secondary N) is 1. The van der Waals surface area contributed by atoms with Crippen LogP contribution in [0, 0.1) is 5.82 Å². The van der Waals surface area contributed by atoms with Crippen molar-refractivity contribution in [2.45, 2.75) is 12.7 Å². The predicted molar refractivity (Wildman–Crippen MR) is 101 cm³/mol. The Bertz CT molecular complexity index is 987. The first-order valence-corrected chi connectivity index (χ1v) is 9.05. The van der Waals surface area contributed by atoms with Crippen LogP contribution in [0.1, 0.15) is 21.7 Å². The van der Waals surface area contributed by atoms with Crippen LogP contribution in [0.15, 0.2) is 54.6 Å². The summed E-state index contributed by atoms with van der Waals surface area (Å²) in [5.41, 5.74) is -1.13. The third-order valence-corrected chi connectivity index (χ3v) is 4.30. The summed E-state index contributed by atoms with van der Waals surface area (Å²) in [6.45, 7) is 1.18. The summed E-state index contributed by atoms with van der Waals surface area (Å²) in [5.74, 6) is -1.59. The van der Waals surface area contributed by atoms with Gasteiger partial charge >= 0.3 is 6.18 Å². The molecule has 0 atom stereocenters. The molecule has 10 heteroatoms. The zero-order chi connectivity index (χ0) is 21.7. The Morgan fingerprint density at radius 2 is 1.77 bits per heavy atom. The fourth-order valence-corrected chi connectivity index (χ4v) is 2.87. The second-order valence-electron chi connectivity index (χ2n) is 6.65. The molecule has 0 aliphatic carbocycles. The average molecular weight is 421 g/mol. The minimum Gasteiger partial charge on any atom is -0.349 e. The number of rotatable bonds is 7. The monoisotopic (exact) mass is 421 g/mol. The lowest BCUT2D eigenvalue weighted by molar-refractivity contribution is -0.143. The summed E-state index contributed by atoms with van der Waals surface area (Å²) in [6, 6.07) is 13.9. The van der Waals surface area contributed by atoms with Crippen molar-refractivity contribution in [3.05, 3.63) is 77.4 Å². The SMILES string of the molecule is CN(CCNC(=O)c1nnn(-c2ccc(F)cc2)c1C(F)(F)F)Cc1ccccc1. The highest BCUT2D eigenvalue weighted by Gasteiger charge is 2.41. The molecule has 1 N–H and O–H groups in total. The van der Waals surface area contributed by atoms with E-state index in [1.807, 2.05) is 42.3 Å². The Morgan fingerprint density at radius 3 is 2.40 bits per heavy atom. The van der Waals surface area contributed by atoms with Crippen molar-refractivity contribution < 1.29 is 22.4 Å². The Balaban J connectivity index is 1.69. The molecule has 3 rings (SSSR count). The van der Waals surface area contributed by atoms with Crippen molar-refractivity contribution in [1.29, 1.82) is 0 Å². The molecule has 3 aromatic rings. The van der Waals surface area contributed by atoms with E-state index in [0.29, 0.717) is 17.8 Å². The van der Waals surface area contributed by atoms with Gasteiger partial charge in [0.05, 0.1) is 5.69 Å². The molecule has 0 fully saturated rings. The second kappa shape index (κ2) is 9.04. The molecule has 0 aliphatic rings. The van der Waals surface area contributed by atoms with Gasteiger partial charge in [-0.25, -0.2) is 9.07 Å². The number of hydrogen-bond acceptors (Lipinski definition) is 4. The molecule has 0 bridgehead atoms. The Labute approximate surface area is 170 Å². The zero-order valence-electron chi connectivity index (χ0n) is 16.0. The van der Waals surface area contributed by atoms with E-state index in [0.717, 1.165) is 29.8 Å². The van der Waals surface area contributed by atoms with Crippen LogP contribution in [-0.2, 0) is 12.7 Å². The maximum atomic E-state index is 13.6. The van der Waals surface area contributed by atoms with Gasteiger partial charge < -0.3 is 10.2 Å². The number of carbonyl (C=O) groups is 1. The average Bonchev–Trinajstić information content (AvgIpc) is 3.15. The lowest BCUT2D eigenvalue weighted by Gasteiger charge is -2.17. The molecular weight excluding hydrogens is 402 g/mol. The zero-order valence-corrected chi connectivity index (χ0v) is 16.0. The van der Waals surface area contributed by atoms with E-state index in [4.69, 9.17) is 0 Å². The number of carbonyl (C=O) groups excluding carboxylic acids is 1. The van der Waals surface area contributed by atoms with E-state index in [1.165, 1.54) is 0 Å². The molecule has 0 spiro atoms. The summed E-state index contributed by atoms with van der Waals surface area (Å²) in [5, 5.41) is 9.32. The van der Waals surface area contributed by atoms with Crippen LogP contribution in [0.5, 0.6) is 0 Å². The van der Waals surface area contributed by atoms with Crippen molar-refractivity contribution in [2.75, 3.05) is 20.1 Å². The predicted octanol–water partition coefficient (Wildman–Crippen LogP) is 3.29. The molecule has 1 aromatic heterocycles. The maximum absolute atomic E-state index is 13.6. The van der Waals surface area contributed by atoms with E-state index in [-0.39, 0.29) is 12.2 Å². The minimum absolute atomic E-state index is 0.0575. The minimum atomic E-state index is -4.88. The van der Waals surface area contributed by atoms with E-state index < -0.39 is 29.3 Å². The second-order valence-corrected chi connectivity index (χ2v) is 6.65. The fourth-order valence-electron chi connectivity index (χ4n) is 2.87. The third kappa shape index (κ3) is 5.20. The van der Waals surface area contributed by atoms with Gasteiger partial charge in [-0.2, -0.15) is 13.2 Å². The highest BCUT2D eigenvalue weighted by molar-refractivity contribution is 5.93. The number of hydrogen-bond donors (Lipinski definition) is 1. The standard InChI is InChI=1S/C20H19F4N5O/c1-28(13-14-5-3-2-4-6-14)12-11-25-19(30)17-18(20(22,23)24)29(27-26-17)16-9-7-15(21)8-10-16/h2-10H,11-13H2,1H3,(H,25,30). The Kier molecular flexibility index (Phi) is 6.46. The normalized spacial score (nSPS) is 11.7. The van der Waals surface area contributed by atoms with Crippen LogP contribution in [0.4, 0.5) is 17.6 Å². The lowest BCUT2D eigenvalue weighted by Crippen LogP contribution is -2.34. The third-order valence-electron chi connectivity index (χ3n) is 4.30. The molecule has 6 nitrogen and oxygen atoms in total. The number of likely N-dealkylation sites (N-methyl/N-ethyl adjacent to an activating group) is 1. The van der Waals surface area contributed by atoms with E-state index >= 15 is 0 Å². The first-order valence-electron chi connectivity index (χ1n) is 9.05. The number of alkyl halides is 3. The van der Waals surface area contributed by atoms with Crippen LogP contribution >= 0.6 is 0 Å². The number of benzene rings is 2. The van der Waals surface area contributed by atoms with Crippen LogP contribution in [-0.4, -0.2) is 45.9 Å². The van der Waals surface area contributed by atoms with Gasteiger partial charge in [0.15, 0.2) is 11.4 Å². The molecular formula is C20H19F4N5O. The lowest BCUT2D eigenvalue weighted by atomic mass is 10.2. The molecule has 0 saturated carbocycles. The van der Waals surface area contributed by atoms with E-state index in [1.54, 1.807) is 0 Å². The number of amides is 1. The molecule has 2 aromatic carbocycles. The molecule has 0 aliphatic heterocycles. The fraction of sp³-hybridized carbons (Fsp3) is 0.250. The molecule has 0 saturated heterocycles. The van der Waals surface area contributed by atoms with Crippen molar-refractivity contribution in [3.8, 4) is 5.69 Å². The van der Waals surface area contributed by atoms with Gasteiger partial charge in [-0.3, -0.25) is 4.79 Å². The van der Waals surface area contributed by atoms with E-state index in [9.17, 15) is 22.4 Å². The van der Waals surface area contributed by atoms with Crippen molar-refractivity contribution in [2.24, 2.45) is 0 Å². The van der Waals surface area contributed by atoms with Gasteiger partial charge in [0.1, 0.15) is 5.82 Å². The van der Waals surface area contributed by atoms with Crippen LogP contribution in [0.25, 0.3) is 5.69 Å². The number of halogens is 4. The van der Waals surface area contributed by atoms with Gasteiger partial charge in [-0.05, 0) is 36.9 Å². The smallest absolute Gasteiger partial charge is 0.349 e. The van der Waals surface area contributed by atoms with Gasteiger partial charge in [-0.1, -0.05) is 35.5 Å². The van der Waals surface area contributed by atoms with Crippen LogP contribution < -0.4 is 5.32 Å². The quantitative estimate of drug-likeness (QED) is 0.595. The molecule has 1 heterocycles. The van der Waals surface area contributed by atoms with Gasteiger partial charge in [-0.15, -0.1) is 5.10 Å². The van der Waals surface area contributed by atoms with E-state index in [2.05, 4.69) is 15.6 Å². The summed E-state index contributed by atoms with van der Waals surface area (Å²) in [4.78, 5) is 14.3. The molecule has 0 unspecified atom stereocenters. The Hall–Kier alpha value is -3.27. The summed E-state index contributed by atoms with van der Waals surface area (Å²) >= 11 is 0. The molecule has 1 amide bonds. The summed E-state index contributed by atoms with van der Waals surface area (Å²) in [7, 11) is 1.84. The van der Waals surface area contributed by atoms with Gasteiger partial charge in [0.2, 0.25) is 0 Å². The van der Waals surface area contributed by atoms with Crippen LogP contribution in [0.3, 0.4) is 0 Å². The molecule has 0 radical (unpaired) electrons. The van der Waals surface area contributed by atoms with Crippen molar-refractivity contribution in [3.63, 3.8) is 0 Å². The van der Waals surface area contributed by atoms with Gasteiger partial charge in [0, 0.05) is 19.6 Å². The molecule has 158 valence electrons. The summed E-state index contributed by atoms with van der Waals surface area (Å²) < 4.78 is 54.4. The first-order chi connectivity index (χ1) is 14.3. The number of aromatic nitrogens is 3. The topological polar surface area (TPSA) is 63.1 Å². The first kappa shape index (κ1) is 21.4. The maximum Gasteiger partial charge on any atom is 0.435 e. The van der Waals surface area contributed by atoms with Crippen molar-refractivity contribution >= 4 is 5.91 Å². The highest BCUT2D eigenvalue weighted by Crippen LogP contribution is 2.32. The van der Waals surface area contributed by atoms with Crippen molar-refractivity contribution in [1.82, 2.24) is 25.2 Å². The highest BCUT2D eigenvalue weighted by atomic mass is 19.4. The largest absolute Gasteiger partial charge is 0.435 e.